The summed E-state index contributed by atoms with van der Waals surface area (Å²) in [5.74, 6) is -0.731. The van der Waals surface area contributed by atoms with Gasteiger partial charge < -0.3 is 15.3 Å². The lowest BCUT2D eigenvalue weighted by Gasteiger charge is -2.17. The van der Waals surface area contributed by atoms with Crippen LogP contribution in [-0.4, -0.2) is 41.0 Å². The maximum atomic E-state index is 12.9. The lowest BCUT2D eigenvalue weighted by molar-refractivity contribution is -0.127. The minimum absolute atomic E-state index is 0.0223. The van der Waals surface area contributed by atoms with Crippen molar-refractivity contribution >= 4 is 11.8 Å². The van der Waals surface area contributed by atoms with E-state index < -0.39 is 0 Å². The highest BCUT2D eigenvalue weighted by Gasteiger charge is 2.30. The van der Waals surface area contributed by atoms with Crippen LogP contribution >= 0.6 is 0 Å². The number of phenols is 1. The van der Waals surface area contributed by atoms with Gasteiger partial charge in [0, 0.05) is 19.5 Å². The van der Waals surface area contributed by atoms with Crippen LogP contribution in [0.25, 0.3) is 0 Å². The van der Waals surface area contributed by atoms with Crippen molar-refractivity contribution in [3.05, 3.63) is 65.0 Å². The zero-order chi connectivity index (χ0) is 18.7. The van der Waals surface area contributed by atoms with Crippen molar-refractivity contribution in [2.45, 2.75) is 25.8 Å². The van der Waals surface area contributed by atoms with E-state index in [0.717, 1.165) is 5.56 Å². The standard InChI is InChI=1S/C20H21FN2O3/c1-13-3-2-4-17(19(13)25)20(26)22-16-11-18(24)23(12-16)10-9-14-5-7-15(21)8-6-14/h2-8,16,25H,9-12H2,1H3,(H,22,26)/t16-/m1/s1. The van der Waals surface area contributed by atoms with Crippen molar-refractivity contribution in [3.63, 3.8) is 0 Å². The van der Waals surface area contributed by atoms with Gasteiger partial charge in [-0.3, -0.25) is 9.59 Å². The fourth-order valence-corrected chi connectivity index (χ4v) is 3.11. The summed E-state index contributed by atoms with van der Waals surface area (Å²) in [7, 11) is 0. The predicted octanol–water partition coefficient (Wildman–Crippen LogP) is 2.41. The van der Waals surface area contributed by atoms with Crippen molar-refractivity contribution in [1.29, 1.82) is 0 Å². The molecule has 1 saturated heterocycles. The zero-order valence-corrected chi connectivity index (χ0v) is 14.5. The van der Waals surface area contributed by atoms with Gasteiger partial charge in [-0.05, 0) is 42.7 Å². The molecular weight excluding hydrogens is 335 g/mol. The lowest BCUT2D eigenvalue weighted by Crippen LogP contribution is -2.37. The Morgan fingerprint density at radius 2 is 2.00 bits per heavy atom. The summed E-state index contributed by atoms with van der Waals surface area (Å²) in [6.07, 6.45) is 0.868. The van der Waals surface area contributed by atoms with Crippen LogP contribution in [0, 0.1) is 12.7 Å². The van der Waals surface area contributed by atoms with Gasteiger partial charge in [-0.15, -0.1) is 0 Å². The van der Waals surface area contributed by atoms with Crippen molar-refractivity contribution < 1.29 is 19.1 Å². The molecule has 0 spiro atoms. The molecule has 0 unspecified atom stereocenters. The molecule has 0 aliphatic carbocycles. The number of likely N-dealkylation sites (tertiary alicyclic amines) is 1. The highest BCUT2D eigenvalue weighted by Crippen LogP contribution is 2.22. The monoisotopic (exact) mass is 356 g/mol. The fraction of sp³-hybridized carbons (Fsp3) is 0.300. The number of nitrogens with zero attached hydrogens (tertiary/aromatic N) is 1. The van der Waals surface area contributed by atoms with Gasteiger partial charge in [0.05, 0.1) is 11.6 Å². The molecule has 1 atom stereocenters. The Labute approximate surface area is 151 Å². The number of hydrogen-bond acceptors (Lipinski definition) is 3. The van der Waals surface area contributed by atoms with Crippen molar-refractivity contribution in [2.24, 2.45) is 0 Å². The number of carbonyl (C=O) groups is 2. The first-order chi connectivity index (χ1) is 12.4. The van der Waals surface area contributed by atoms with Crippen molar-refractivity contribution in [2.75, 3.05) is 13.1 Å². The van der Waals surface area contributed by atoms with Gasteiger partial charge >= 0.3 is 0 Å². The number of halogens is 1. The van der Waals surface area contributed by atoms with Crippen LogP contribution in [0.1, 0.15) is 27.9 Å². The molecule has 0 saturated carbocycles. The third kappa shape index (κ3) is 4.02. The molecule has 0 aromatic heterocycles. The summed E-state index contributed by atoms with van der Waals surface area (Å²) in [6.45, 7) is 2.67. The predicted molar refractivity (Wildman–Crippen MR) is 95.4 cm³/mol. The number of amides is 2. The van der Waals surface area contributed by atoms with E-state index in [1.165, 1.54) is 12.1 Å². The molecule has 1 aliphatic heterocycles. The maximum absolute atomic E-state index is 12.9. The highest BCUT2D eigenvalue weighted by molar-refractivity contribution is 5.97. The van der Waals surface area contributed by atoms with E-state index in [1.807, 2.05) is 0 Å². The minimum Gasteiger partial charge on any atom is -0.507 e. The van der Waals surface area contributed by atoms with Crippen LogP contribution in [0.15, 0.2) is 42.5 Å². The second-order valence-electron chi connectivity index (χ2n) is 6.56. The van der Waals surface area contributed by atoms with Crippen LogP contribution in [-0.2, 0) is 11.2 Å². The molecule has 0 radical (unpaired) electrons. The molecule has 3 rings (SSSR count). The summed E-state index contributed by atoms with van der Waals surface area (Å²) >= 11 is 0. The molecule has 1 aliphatic rings. The molecule has 1 heterocycles. The molecule has 6 heteroatoms. The Kier molecular flexibility index (Phi) is 5.21. The van der Waals surface area contributed by atoms with E-state index in [9.17, 15) is 19.1 Å². The molecule has 5 nitrogen and oxygen atoms in total. The van der Waals surface area contributed by atoms with E-state index in [0.29, 0.717) is 25.1 Å². The second kappa shape index (κ2) is 7.56. The Hall–Kier alpha value is -2.89. The number of benzene rings is 2. The van der Waals surface area contributed by atoms with Crippen LogP contribution in [0.4, 0.5) is 4.39 Å². The number of hydrogen-bond donors (Lipinski definition) is 2. The summed E-state index contributed by atoms with van der Waals surface area (Å²) in [5, 5.41) is 12.8. The normalized spacial score (nSPS) is 16.8. The van der Waals surface area contributed by atoms with Crippen molar-refractivity contribution in [3.8, 4) is 5.75 Å². The second-order valence-corrected chi connectivity index (χ2v) is 6.56. The Morgan fingerprint density at radius 1 is 1.27 bits per heavy atom. The first-order valence-electron chi connectivity index (χ1n) is 8.55. The van der Waals surface area contributed by atoms with E-state index in [2.05, 4.69) is 5.32 Å². The molecule has 0 bridgehead atoms. The van der Waals surface area contributed by atoms with Crippen LogP contribution in [0.3, 0.4) is 0 Å². The van der Waals surface area contributed by atoms with Gasteiger partial charge in [-0.25, -0.2) is 4.39 Å². The van der Waals surface area contributed by atoms with Crippen molar-refractivity contribution in [1.82, 2.24) is 10.2 Å². The third-order valence-corrected chi connectivity index (χ3v) is 4.62. The summed E-state index contributed by atoms with van der Waals surface area (Å²) in [5.41, 5.74) is 1.79. The number of aryl methyl sites for hydroxylation is 1. The summed E-state index contributed by atoms with van der Waals surface area (Å²) in [4.78, 5) is 26.2. The largest absolute Gasteiger partial charge is 0.507 e. The average Bonchev–Trinajstić information content (AvgIpc) is 2.96. The third-order valence-electron chi connectivity index (χ3n) is 4.62. The first-order valence-corrected chi connectivity index (χ1v) is 8.55. The topological polar surface area (TPSA) is 69.6 Å². The Morgan fingerprint density at radius 3 is 2.73 bits per heavy atom. The molecule has 26 heavy (non-hydrogen) atoms. The van der Waals surface area contributed by atoms with Gasteiger partial charge in [-0.2, -0.15) is 0 Å². The van der Waals surface area contributed by atoms with Gasteiger partial charge in [0.1, 0.15) is 11.6 Å². The summed E-state index contributed by atoms with van der Waals surface area (Å²) < 4.78 is 12.9. The number of para-hydroxylation sites is 1. The fourth-order valence-electron chi connectivity index (χ4n) is 3.11. The maximum Gasteiger partial charge on any atom is 0.255 e. The molecule has 2 aromatic carbocycles. The first kappa shape index (κ1) is 17.9. The van der Waals surface area contributed by atoms with Crippen LogP contribution in [0.2, 0.25) is 0 Å². The quantitative estimate of drug-likeness (QED) is 0.864. The van der Waals surface area contributed by atoms with E-state index in [1.54, 1.807) is 42.2 Å². The average molecular weight is 356 g/mol. The number of nitrogens with one attached hydrogen (secondary N) is 1. The van der Waals surface area contributed by atoms with Crippen LogP contribution in [0.5, 0.6) is 5.75 Å². The minimum atomic E-state index is -0.385. The number of carbonyl (C=O) groups excluding carboxylic acids is 2. The molecule has 2 amide bonds. The SMILES string of the molecule is Cc1cccc(C(=O)N[C@@H]2CC(=O)N(CCc3ccc(F)cc3)C2)c1O. The number of aromatic hydroxyl groups is 1. The van der Waals surface area contributed by atoms with E-state index >= 15 is 0 Å². The lowest BCUT2D eigenvalue weighted by atomic mass is 10.1. The molecule has 136 valence electrons. The highest BCUT2D eigenvalue weighted by atomic mass is 19.1. The molecule has 1 fully saturated rings. The van der Waals surface area contributed by atoms with Gasteiger partial charge in [0.2, 0.25) is 5.91 Å². The molecule has 2 aromatic rings. The number of rotatable bonds is 5. The number of phenolic OH excluding ortho intramolecular Hbond substituents is 1. The smallest absolute Gasteiger partial charge is 0.255 e. The van der Waals surface area contributed by atoms with E-state index in [4.69, 9.17) is 0 Å². The molecule has 2 N–H and O–H groups in total. The van der Waals surface area contributed by atoms with Gasteiger partial charge in [0.15, 0.2) is 0 Å². The zero-order valence-electron chi connectivity index (χ0n) is 14.5. The van der Waals surface area contributed by atoms with Gasteiger partial charge in [-0.1, -0.05) is 24.3 Å². The molecular formula is C20H21FN2O3. The van der Waals surface area contributed by atoms with Gasteiger partial charge in [0.25, 0.3) is 5.91 Å². The Bertz CT molecular complexity index is 820. The summed E-state index contributed by atoms with van der Waals surface area (Å²) in [6, 6.07) is 10.9. The van der Waals surface area contributed by atoms with E-state index in [-0.39, 0.29) is 41.4 Å². The van der Waals surface area contributed by atoms with Crippen LogP contribution < -0.4 is 5.32 Å². The Balaban J connectivity index is 1.56.